The van der Waals surface area contributed by atoms with E-state index in [1.165, 1.54) is 0 Å². The third-order valence-corrected chi connectivity index (χ3v) is 2.37. The van der Waals surface area contributed by atoms with Crippen LogP contribution in [0.1, 0.15) is 33.1 Å². The van der Waals surface area contributed by atoms with E-state index in [1.54, 1.807) is 13.8 Å². The van der Waals surface area contributed by atoms with E-state index in [0.29, 0.717) is 25.8 Å². The molecule has 3 N–H and O–H groups in total. The van der Waals surface area contributed by atoms with Gasteiger partial charge < -0.3 is 10.4 Å². The second-order valence-electron chi connectivity index (χ2n) is 4.52. The van der Waals surface area contributed by atoms with Gasteiger partial charge in [-0.1, -0.05) is 0 Å². The van der Waals surface area contributed by atoms with Gasteiger partial charge in [-0.05, 0) is 33.2 Å². The summed E-state index contributed by atoms with van der Waals surface area (Å²) in [6.07, 6.45) is 1.49. The predicted molar refractivity (Wildman–Crippen MR) is 55.1 cm³/mol. The van der Waals surface area contributed by atoms with Crippen molar-refractivity contribution in [3.05, 3.63) is 0 Å². The Bertz CT molecular complexity index is 258. The topological polar surface area (TPSA) is 78.4 Å². The van der Waals surface area contributed by atoms with Gasteiger partial charge in [-0.2, -0.15) is 0 Å². The molecule has 15 heavy (non-hydrogen) atoms. The number of carbonyl (C=O) groups excluding carboxylic acids is 2. The van der Waals surface area contributed by atoms with Gasteiger partial charge in [-0.3, -0.25) is 14.9 Å². The normalized spacial score (nSPS) is 22.7. The molecule has 0 aromatic rings. The van der Waals surface area contributed by atoms with Crippen molar-refractivity contribution in [2.75, 3.05) is 6.54 Å². The van der Waals surface area contributed by atoms with Crippen LogP contribution in [0.3, 0.4) is 0 Å². The molecule has 0 spiro atoms. The summed E-state index contributed by atoms with van der Waals surface area (Å²) in [6, 6.07) is -0.301. The molecule has 0 saturated carbocycles. The van der Waals surface area contributed by atoms with Crippen molar-refractivity contribution in [3.8, 4) is 0 Å². The Morgan fingerprint density at radius 2 is 2.20 bits per heavy atom. The zero-order valence-corrected chi connectivity index (χ0v) is 9.17. The van der Waals surface area contributed by atoms with Crippen molar-refractivity contribution in [3.63, 3.8) is 0 Å². The van der Waals surface area contributed by atoms with Gasteiger partial charge >= 0.3 is 0 Å². The Balaban J connectivity index is 2.27. The number of amides is 2. The van der Waals surface area contributed by atoms with Gasteiger partial charge in [0.15, 0.2) is 0 Å². The lowest BCUT2D eigenvalue weighted by Gasteiger charge is -2.24. The van der Waals surface area contributed by atoms with Crippen molar-refractivity contribution in [2.45, 2.75) is 44.8 Å². The van der Waals surface area contributed by atoms with Crippen LogP contribution in [-0.2, 0) is 9.59 Å². The first-order valence-electron chi connectivity index (χ1n) is 5.18. The monoisotopic (exact) mass is 214 g/mol. The second-order valence-corrected chi connectivity index (χ2v) is 4.52. The molecule has 1 atom stereocenters. The summed E-state index contributed by atoms with van der Waals surface area (Å²) in [6.45, 7) is 4.01. The fourth-order valence-electron chi connectivity index (χ4n) is 1.44. The number of imide groups is 1. The number of nitrogens with one attached hydrogen (secondary N) is 2. The lowest BCUT2D eigenvalue weighted by Crippen LogP contribution is -2.51. The van der Waals surface area contributed by atoms with Crippen molar-refractivity contribution in [2.24, 2.45) is 0 Å². The van der Waals surface area contributed by atoms with Crippen LogP contribution in [0, 0.1) is 0 Å². The number of carbonyl (C=O) groups is 2. The van der Waals surface area contributed by atoms with Crippen LogP contribution in [0.4, 0.5) is 0 Å². The molecule has 5 nitrogen and oxygen atoms in total. The van der Waals surface area contributed by atoms with Crippen LogP contribution in [0.5, 0.6) is 0 Å². The number of hydrogen-bond donors (Lipinski definition) is 3. The van der Waals surface area contributed by atoms with Crippen LogP contribution in [0.2, 0.25) is 0 Å². The van der Waals surface area contributed by atoms with E-state index in [2.05, 4.69) is 10.6 Å². The molecule has 86 valence electrons. The van der Waals surface area contributed by atoms with Gasteiger partial charge in [0.25, 0.3) is 0 Å². The molecule has 1 rings (SSSR count). The average Bonchev–Trinajstić information content (AvgIpc) is 2.07. The van der Waals surface area contributed by atoms with Crippen molar-refractivity contribution in [1.82, 2.24) is 10.6 Å². The number of aliphatic hydroxyl groups is 1. The van der Waals surface area contributed by atoms with Crippen LogP contribution in [-0.4, -0.2) is 35.1 Å². The Labute approximate surface area is 89.2 Å². The maximum atomic E-state index is 11.3. The van der Waals surface area contributed by atoms with Gasteiger partial charge in [-0.25, -0.2) is 0 Å². The molecule has 1 aliphatic heterocycles. The molecule has 1 unspecified atom stereocenters. The van der Waals surface area contributed by atoms with E-state index in [4.69, 9.17) is 0 Å². The summed E-state index contributed by atoms with van der Waals surface area (Å²) < 4.78 is 0. The van der Waals surface area contributed by atoms with Crippen LogP contribution < -0.4 is 10.6 Å². The molecule has 0 bridgehead atoms. The quantitative estimate of drug-likeness (QED) is 0.553. The molecular formula is C10H18N2O3. The second kappa shape index (κ2) is 4.72. The van der Waals surface area contributed by atoms with Crippen LogP contribution >= 0.6 is 0 Å². The first-order valence-corrected chi connectivity index (χ1v) is 5.18. The van der Waals surface area contributed by atoms with Gasteiger partial charge in [0, 0.05) is 6.42 Å². The van der Waals surface area contributed by atoms with Gasteiger partial charge in [-0.15, -0.1) is 0 Å². The lowest BCUT2D eigenvalue weighted by molar-refractivity contribution is -0.134. The van der Waals surface area contributed by atoms with Crippen LogP contribution in [0.25, 0.3) is 0 Å². The number of piperidine rings is 1. The standard InChI is InChI=1S/C10H18N2O3/c1-10(2,15)5-6-11-7-3-4-8(13)12-9(7)14/h7,11,15H,3-6H2,1-2H3,(H,12,13,14). The number of rotatable bonds is 4. The summed E-state index contributed by atoms with van der Waals surface area (Å²) in [5.74, 6) is -0.470. The lowest BCUT2D eigenvalue weighted by atomic mass is 10.0. The average molecular weight is 214 g/mol. The van der Waals surface area contributed by atoms with Crippen LogP contribution in [0.15, 0.2) is 0 Å². The van der Waals surface area contributed by atoms with Crippen molar-refractivity contribution < 1.29 is 14.7 Å². The van der Waals surface area contributed by atoms with Gasteiger partial charge in [0.1, 0.15) is 0 Å². The largest absolute Gasteiger partial charge is 0.390 e. The predicted octanol–water partition coefficient (Wildman–Crippen LogP) is -0.458. The van der Waals surface area contributed by atoms with E-state index in [9.17, 15) is 14.7 Å². The highest BCUT2D eigenvalue weighted by Gasteiger charge is 2.26. The minimum Gasteiger partial charge on any atom is -0.390 e. The van der Waals surface area contributed by atoms with Gasteiger partial charge in [0.2, 0.25) is 11.8 Å². The van der Waals surface area contributed by atoms with E-state index in [1.807, 2.05) is 0 Å². The minimum absolute atomic E-state index is 0.208. The zero-order valence-electron chi connectivity index (χ0n) is 9.17. The molecule has 1 heterocycles. The molecule has 0 aliphatic carbocycles. The first kappa shape index (κ1) is 12.1. The highest BCUT2D eigenvalue weighted by Crippen LogP contribution is 2.08. The van der Waals surface area contributed by atoms with Crippen molar-refractivity contribution >= 4 is 11.8 Å². The Morgan fingerprint density at radius 3 is 2.73 bits per heavy atom. The van der Waals surface area contributed by atoms with E-state index in [-0.39, 0.29) is 17.9 Å². The molecule has 2 amide bonds. The molecular weight excluding hydrogens is 196 g/mol. The molecule has 0 radical (unpaired) electrons. The molecule has 0 aromatic carbocycles. The summed E-state index contributed by atoms with van der Waals surface area (Å²) in [5, 5.41) is 14.8. The maximum Gasteiger partial charge on any atom is 0.243 e. The summed E-state index contributed by atoms with van der Waals surface area (Å²) in [7, 11) is 0. The molecule has 5 heteroatoms. The first-order chi connectivity index (χ1) is 6.88. The highest BCUT2D eigenvalue weighted by atomic mass is 16.3. The van der Waals surface area contributed by atoms with Crippen molar-refractivity contribution in [1.29, 1.82) is 0 Å². The maximum absolute atomic E-state index is 11.3. The minimum atomic E-state index is -0.728. The Hall–Kier alpha value is -0.940. The molecule has 1 saturated heterocycles. The SMILES string of the molecule is CC(C)(O)CCNC1CCC(=O)NC1=O. The fraction of sp³-hybridized carbons (Fsp3) is 0.800. The Kier molecular flexibility index (Phi) is 3.82. The highest BCUT2D eigenvalue weighted by molar-refractivity contribution is 6.00. The fourth-order valence-corrected chi connectivity index (χ4v) is 1.44. The third kappa shape index (κ3) is 4.40. The Morgan fingerprint density at radius 1 is 1.53 bits per heavy atom. The smallest absolute Gasteiger partial charge is 0.243 e. The van der Waals surface area contributed by atoms with E-state index < -0.39 is 5.60 Å². The molecule has 0 aromatic heterocycles. The zero-order chi connectivity index (χ0) is 11.5. The third-order valence-electron chi connectivity index (χ3n) is 2.37. The number of hydrogen-bond acceptors (Lipinski definition) is 4. The summed E-state index contributed by atoms with van der Waals surface area (Å²) in [5.41, 5.74) is -0.728. The van der Waals surface area contributed by atoms with E-state index >= 15 is 0 Å². The van der Waals surface area contributed by atoms with E-state index in [0.717, 1.165) is 0 Å². The molecule has 1 fully saturated rings. The van der Waals surface area contributed by atoms with Gasteiger partial charge in [0.05, 0.1) is 11.6 Å². The summed E-state index contributed by atoms with van der Waals surface area (Å²) >= 11 is 0. The summed E-state index contributed by atoms with van der Waals surface area (Å²) in [4.78, 5) is 22.2. The molecule has 1 aliphatic rings.